The minimum absolute atomic E-state index is 0.852. The van der Waals surface area contributed by atoms with E-state index in [0.29, 0.717) is 0 Å². The summed E-state index contributed by atoms with van der Waals surface area (Å²) in [6.07, 6.45) is 4.99. The monoisotopic (exact) mass is 247 g/mol. The number of nitrogens with zero attached hydrogens (tertiary/aromatic N) is 2. The van der Waals surface area contributed by atoms with Gasteiger partial charge in [-0.3, -0.25) is 4.98 Å². The van der Waals surface area contributed by atoms with Crippen LogP contribution < -0.4 is 5.32 Å². The first kappa shape index (κ1) is 13.5. The molecule has 2 rings (SSSR count). The standard InChI is InChI=1S/C15H25N3/c1-13(2)15-11-18(12-15)8-4-7-17-10-14-5-3-6-16-9-14/h3,5-6,9,13,15,17H,4,7-8,10-12H2,1-2H3. The minimum atomic E-state index is 0.852. The molecule has 0 aliphatic carbocycles. The maximum Gasteiger partial charge on any atom is 0.0312 e. The van der Waals surface area contributed by atoms with Crippen molar-refractivity contribution >= 4 is 0 Å². The average Bonchev–Trinajstić information content (AvgIpc) is 2.32. The number of aromatic nitrogens is 1. The Labute approximate surface area is 111 Å². The molecule has 0 unspecified atom stereocenters. The topological polar surface area (TPSA) is 28.2 Å². The predicted molar refractivity (Wildman–Crippen MR) is 75.3 cm³/mol. The van der Waals surface area contributed by atoms with Crippen molar-refractivity contribution in [2.45, 2.75) is 26.8 Å². The summed E-state index contributed by atoms with van der Waals surface area (Å²) < 4.78 is 0. The highest BCUT2D eigenvalue weighted by atomic mass is 15.2. The third kappa shape index (κ3) is 4.07. The Balaban J connectivity index is 1.48. The highest BCUT2D eigenvalue weighted by Crippen LogP contribution is 2.22. The van der Waals surface area contributed by atoms with Gasteiger partial charge in [-0.15, -0.1) is 0 Å². The molecule has 100 valence electrons. The first-order valence-electron chi connectivity index (χ1n) is 7.07. The molecule has 0 spiro atoms. The minimum Gasteiger partial charge on any atom is -0.313 e. The summed E-state index contributed by atoms with van der Waals surface area (Å²) in [6, 6.07) is 4.10. The summed E-state index contributed by atoms with van der Waals surface area (Å²) >= 11 is 0. The summed E-state index contributed by atoms with van der Waals surface area (Å²) in [5.74, 6) is 1.79. The molecule has 1 fully saturated rings. The molecule has 0 amide bonds. The van der Waals surface area contributed by atoms with Crippen LogP contribution in [0, 0.1) is 11.8 Å². The van der Waals surface area contributed by atoms with Gasteiger partial charge in [-0.25, -0.2) is 0 Å². The Morgan fingerprint density at radius 2 is 2.28 bits per heavy atom. The van der Waals surface area contributed by atoms with Crippen molar-refractivity contribution < 1.29 is 0 Å². The van der Waals surface area contributed by atoms with Crippen LogP contribution in [-0.4, -0.2) is 36.1 Å². The summed E-state index contributed by atoms with van der Waals surface area (Å²) in [4.78, 5) is 6.68. The van der Waals surface area contributed by atoms with Crippen LogP contribution in [0.3, 0.4) is 0 Å². The number of pyridine rings is 1. The molecule has 3 nitrogen and oxygen atoms in total. The van der Waals surface area contributed by atoms with E-state index in [2.05, 4.69) is 35.1 Å². The van der Waals surface area contributed by atoms with Gasteiger partial charge in [0.05, 0.1) is 0 Å². The molecular formula is C15H25N3. The van der Waals surface area contributed by atoms with E-state index < -0.39 is 0 Å². The van der Waals surface area contributed by atoms with Crippen molar-refractivity contribution in [3.05, 3.63) is 30.1 Å². The molecule has 0 radical (unpaired) electrons. The van der Waals surface area contributed by atoms with Gasteiger partial charge in [-0.2, -0.15) is 0 Å². The summed E-state index contributed by atoms with van der Waals surface area (Å²) in [5.41, 5.74) is 1.27. The van der Waals surface area contributed by atoms with E-state index in [1.54, 1.807) is 0 Å². The van der Waals surface area contributed by atoms with Crippen LogP contribution in [0.25, 0.3) is 0 Å². The largest absolute Gasteiger partial charge is 0.313 e. The fraction of sp³-hybridized carbons (Fsp3) is 0.667. The van der Waals surface area contributed by atoms with Gasteiger partial charge >= 0.3 is 0 Å². The van der Waals surface area contributed by atoms with E-state index in [9.17, 15) is 0 Å². The zero-order valence-electron chi connectivity index (χ0n) is 11.6. The normalized spacial score (nSPS) is 17.1. The van der Waals surface area contributed by atoms with Gasteiger partial charge in [0.1, 0.15) is 0 Å². The molecule has 3 heteroatoms. The lowest BCUT2D eigenvalue weighted by atomic mass is 9.88. The van der Waals surface area contributed by atoms with E-state index in [4.69, 9.17) is 0 Å². The van der Waals surface area contributed by atoms with Crippen LogP contribution >= 0.6 is 0 Å². The molecule has 1 aliphatic rings. The number of hydrogen-bond acceptors (Lipinski definition) is 3. The van der Waals surface area contributed by atoms with Crippen LogP contribution in [0.15, 0.2) is 24.5 Å². The number of hydrogen-bond donors (Lipinski definition) is 1. The zero-order chi connectivity index (χ0) is 12.8. The van der Waals surface area contributed by atoms with Crippen molar-refractivity contribution in [1.82, 2.24) is 15.2 Å². The van der Waals surface area contributed by atoms with Gasteiger partial charge in [0.15, 0.2) is 0 Å². The molecule has 1 aliphatic heterocycles. The smallest absolute Gasteiger partial charge is 0.0312 e. The fourth-order valence-electron chi connectivity index (χ4n) is 2.38. The number of rotatable bonds is 7. The molecule has 1 saturated heterocycles. The maximum absolute atomic E-state index is 4.11. The van der Waals surface area contributed by atoms with Crippen molar-refractivity contribution in [3.63, 3.8) is 0 Å². The molecule has 18 heavy (non-hydrogen) atoms. The Bertz CT molecular complexity index is 331. The molecule has 1 N–H and O–H groups in total. The summed E-state index contributed by atoms with van der Waals surface area (Å²) in [5, 5.41) is 3.47. The maximum atomic E-state index is 4.11. The van der Waals surface area contributed by atoms with Gasteiger partial charge in [0.25, 0.3) is 0 Å². The highest BCUT2D eigenvalue weighted by Gasteiger charge is 2.27. The molecule has 0 bridgehead atoms. The molecule has 0 aromatic carbocycles. The third-order valence-corrected chi connectivity index (χ3v) is 3.81. The third-order valence-electron chi connectivity index (χ3n) is 3.81. The van der Waals surface area contributed by atoms with Gasteiger partial charge in [0, 0.05) is 32.0 Å². The van der Waals surface area contributed by atoms with Crippen LogP contribution in [-0.2, 0) is 6.54 Å². The molecular weight excluding hydrogens is 222 g/mol. The van der Waals surface area contributed by atoms with Crippen LogP contribution in [0.2, 0.25) is 0 Å². The molecule has 0 saturated carbocycles. The highest BCUT2D eigenvalue weighted by molar-refractivity contribution is 5.07. The van der Waals surface area contributed by atoms with E-state index in [-0.39, 0.29) is 0 Å². The van der Waals surface area contributed by atoms with Crippen LogP contribution in [0.5, 0.6) is 0 Å². The summed E-state index contributed by atoms with van der Waals surface area (Å²) in [6.45, 7) is 10.5. The SMILES string of the molecule is CC(C)C1CN(CCCNCc2cccnc2)C1. The summed E-state index contributed by atoms with van der Waals surface area (Å²) in [7, 11) is 0. The molecule has 1 aromatic rings. The van der Waals surface area contributed by atoms with Crippen molar-refractivity contribution in [1.29, 1.82) is 0 Å². The lowest BCUT2D eigenvalue weighted by Crippen LogP contribution is -2.49. The molecule has 0 atom stereocenters. The van der Waals surface area contributed by atoms with Crippen molar-refractivity contribution in [3.8, 4) is 0 Å². The van der Waals surface area contributed by atoms with Gasteiger partial charge in [0.2, 0.25) is 0 Å². The van der Waals surface area contributed by atoms with Gasteiger partial charge in [-0.1, -0.05) is 19.9 Å². The van der Waals surface area contributed by atoms with E-state index in [0.717, 1.165) is 24.9 Å². The Morgan fingerprint density at radius 1 is 1.44 bits per heavy atom. The fourth-order valence-corrected chi connectivity index (χ4v) is 2.38. The van der Waals surface area contributed by atoms with E-state index >= 15 is 0 Å². The zero-order valence-corrected chi connectivity index (χ0v) is 11.6. The number of likely N-dealkylation sites (tertiary alicyclic amines) is 1. The molecule has 1 aromatic heterocycles. The van der Waals surface area contributed by atoms with Gasteiger partial charge < -0.3 is 10.2 Å². The average molecular weight is 247 g/mol. The second kappa shape index (κ2) is 6.86. The molecule has 2 heterocycles. The lowest BCUT2D eigenvalue weighted by molar-refractivity contribution is 0.0677. The number of nitrogens with one attached hydrogen (secondary N) is 1. The van der Waals surface area contributed by atoms with Crippen molar-refractivity contribution in [2.24, 2.45) is 11.8 Å². The Kier molecular flexibility index (Phi) is 5.14. The van der Waals surface area contributed by atoms with E-state index in [1.165, 1.54) is 31.6 Å². The van der Waals surface area contributed by atoms with E-state index in [1.807, 2.05) is 18.5 Å². The first-order valence-corrected chi connectivity index (χ1v) is 7.07. The predicted octanol–water partition coefficient (Wildman–Crippen LogP) is 2.15. The van der Waals surface area contributed by atoms with Gasteiger partial charge in [-0.05, 0) is 43.0 Å². The second-order valence-electron chi connectivity index (χ2n) is 5.66. The van der Waals surface area contributed by atoms with Crippen LogP contribution in [0.1, 0.15) is 25.8 Å². The second-order valence-corrected chi connectivity index (χ2v) is 5.66. The lowest BCUT2D eigenvalue weighted by Gasteiger charge is -2.41. The van der Waals surface area contributed by atoms with Crippen molar-refractivity contribution in [2.75, 3.05) is 26.2 Å². The Hall–Kier alpha value is -0.930. The first-order chi connectivity index (χ1) is 8.75. The Morgan fingerprint density at radius 3 is 2.94 bits per heavy atom. The quantitative estimate of drug-likeness (QED) is 0.748. The van der Waals surface area contributed by atoms with Crippen LogP contribution in [0.4, 0.5) is 0 Å².